The first-order valence-electron chi connectivity index (χ1n) is 10.1. The lowest BCUT2D eigenvalue weighted by Gasteiger charge is -2.35. The molecule has 2 amide bonds. The molecule has 0 bridgehead atoms. The molecule has 1 fully saturated rings. The standard InChI is InChI=1S/C23H23N3O2S/c27-22(14-26-20-7-3-4-8-21(20)29-15-23(26)28)25-11-9-16(10-12-25)18-13-24-19-6-2-1-5-17(18)19/h1-8,13,16,24H,9-12,14-15H2. The summed E-state index contributed by atoms with van der Waals surface area (Å²) in [6, 6.07) is 16.2. The third-order valence-electron chi connectivity index (χ3n) is 6.01. The van der Waals surface area contributed by atoms with Crippen LogP contribution in [-0.4, -0.2) is 47.1 Å². The number of benzene rings is 2. The van der Waals surface area contributed by atoms with Crippen molar-refractivity contribution in [2.75, 3.05) is 30.3 Å². The van der Waals surface area contributed by atoms with Crippen LogP contribution in [0.3, 0.4) is 0 Å². The number of aromatic nitrogens is 1. The van der Waals surface area contributed by atoms with E-state index in [9.17, 15) is 9.59 Å². The van der Waals surface area contributed by atoms with E-state index in [1.54, 1.807) is 16.7 Å². The number of carbonyl (C=O) groups is 2. The van der Waals surface area contributed by atoms with Crippen LogP contribution in [0, 0.1) is 0 Å². The maximum absolute atomic E-state index is 12.9. The number of carbonyl (C=O) groups excluding carboxylic acids is 2. The van der Waals surface area contributed by atoms with Crippen LogP contribution >= 0.6 is 11.8 Å². The number of likely N-dealkylation sites (tertiary alicyclic amines) is 1. The number of rotatable bonds is 3. The van der Waals surface area contributed by atoms with Gasteiger partial charge in [0, 0.05) is 35.1 Å². The lowest BCUT2D eigenvalue weighted by atomic mass is 9.89. The number of nitrogens with zero attached hydrogens (tertiary/aromatic N) is 2. The Kier molecular flexibility index (Phi) is 4.79. The van der Waals surface area contributed by atoms with Gasteiger partial charge < -0.3 is 14.8 Å². The molecule has 0 atom stereocenters. The number of aromatic amines is 1. The fraction of sp³-hybridized carbons (Fsp3) is 0.304. The van der Waals surface area contributed by atoms with Crippen molar-refractivity contribution in [1.82, 2.24) is 9.88 Å². The van der Waals surface area contributed by atoms with Gasteiger partial charge in [-0.1, -0.05) is 30.3 Å². The van der Waals surface area contributed by atoms with Gasteiger partial charge >= 0.3 is 0 Å². The smallest absolute Gasteiger partial charge is 0.242 e. The van der Waals surface area contributed by atoms with Crippen molar-refractivity contribution in [2.24, 2.45) is 0 Å². The molecule has 5 rings (SSSR count). The third-order valence-corrected chi connectivity index (χ3v) is 7.06. The minimum atomic E-state index is 0.00993. The highest BCUT2D eigenvalue weighted by Gasteiger charge is 2.30. The maximum Gasteiger partial charge on any atom is 0.242 e. The number of anilines is 1. The summed E-state index contributed by atoms with van der Waals surface area (Å²) in [5, 5.41) is 1.28. The number of piperidine rings is 1. The molecule has 3 aromatic rings. The van der Waals surface area contributed by atoms with E-state index in [0.717, 1.165) is 36.5 Å². The van der Waals surface area contributed by atoms with E-state index >= 15 is 0 Å². The number of amides is 2. The Morgan fingerprint density at radius 1 is 1.07 bits per heavy atom. The second-order valence-electron chi connectivity index (χ2n) is 7.68. The lowest BCUT2D eigenvalue weighted by molar-refractivity contribution is -0.132. The van der Waals surface area contributed by atoms with Crippen LogP contribution in [0.15, 0.2) is 59.6 Å². The topological polar surface area (TPSA) is 56.4 Å². The molecule has 2 aliphatic rings. The van der Waals surface area contributed by atoms with Crippen LogP contribution in [-0.2, 0) is 9.59 Å². The molecule has 3 heterocycles. The van der Waals surface area contributed by atoms with Gasteiger partial charge in [-0.25, -0.2) is 0 Å². The largest absolute Gasteiger partial charge is 0.361 e. The highest BCUT2D eigenvalue weighted by Crippen LogP contribution is 2.36. The summed E-state index contributed by atoms with van der Waals surface area (Å²) >= 11 is 1.54. The zero-order chi connectivity index (χ0) is 19.8. The molecule has 5 nitrogen and oxygen atoms in total. The molecular weight excluding hydrogens is 382 g/mol. The molecule has 0 saturated carbocycles. The second kappa shape index (κ2) is 7.59. The van der Waals surface area contributed by atoms with Crippen LogP contribution < -0.4 is 4.90 Å². The number of nitrogens with one attached hydrogen (secondary N) is 1. The van der Waals surface area contributed by atoms with E-state index in [4.69, 9.17) is 0 Å². The van der Waals surface area contributed by atoms with E-state index in [1.165, 1.54) is 16.5 Å². The minimum absolute atomic E-state index is 0.00993. The van der Waals surface area contributed by atoms with E-state index in [1.807, 2.05) is 35.2 Å². The van der Waals surface area contributed by atoms with Gasteiger partial charge in [-0.05, 0) is 42.5 Å². The summed E-state index contributed by atoms with van der Waals surface area (Å²) < 4.78 is 0. The molecule has 1 N–H and O–H groups in total. The summed E-state index contributed by atoms with van der Waals surface area (Å²) in [5.41, 5.74) is 3.38. The van der Waals surface area contributed by atoms with Crippen molar-refractivity contribution in [3.63, 3.8) is 0 Å². The van der Waals surface area contributed by atoms with Gasteiger partial charge in [0.05, 0.1) is 11.4 Å². The summed E-state index contributed by atoms with van der Waals surface area (Å²) in [6.45, 7) is 1.61. The summed E-state index contributed by atoms with van der Waals surface area (Å²) in [6.07, 6.45) is 4.02. The molecule has 6 heteroatoms. The Balaban J connectivity index is 1.26. The van der Waals surface area contributed by atoms with Crippen LogP contribution in [0.2, 0.25) is 0 Å². The number of H-pyrrole nitrogens is 1. The normalized spacial score (nSPS) is 17.6. The fourth-order valence-electron chi connectivity index (χ4n) is 4.43. The van der Waals surface area contributed by atoms with Crippen molar-refractivity contribution in [1.29, 1.82) is 0 Å². The number of hydrogen-bond acceptors (Lipinski definition) is 3. The average molecular weight is 406 g/mol. The van der Waals surface area contributed by atoms with Crippen molar-refractivity contribution in [2.45, 2.75) is 23.7 Å². The molecule has 2 aliphatic heterocycles. The highest BCUT2D eigenvalue weighted by molar-refractivity contribution is 8.00. The number of fused-ring (bicyclic) bond motifs is 2. The molecule has 29 heavy (non-hydrogen) atoms. The molecule has 1 aromatic heterocycles. The zero-order valence-corrected chi connectivity index (χ0v) is 17.0. The zero-order valence-electron chi connectivity index (χ0n) is 16.1. The Labute approximate surface area is 174 Å². The van der Waals surface area contributed by atoms with Gasteiger partial charge in [0.25, 0.3) is 0 Å². The average Bonchev–Trinajstić information content (AvgIpc) is 3.20. The predicted molar refractivity (Wildman–Crippen MR) is 116 cm³/mol. The summed E-state index contributed by atoms with van der Waals surface area (Å²) in [7, 11) is 0. The minimum Gasteiger partial charge on any atom is -0.361 e. The first-order chi connectivity index (χ1) is 14.2. The molecule has 148 valence electrons. The third kappa shape index (κ3) is 3.42. The predicted octanol–water partition coefficient (Wildman–Crippen LogP) is 4.01. The maximum atomic E-state index is 12.9. The van der Waals surface area contributed by atoms with Crippen LogP contribution in [0.25, 0.3) is 10.9 Å². The molecule has 0 spiro atoms. The quantitative estimate of drug-likeness (QED) is 0.716. The number of para-hydroxylation sites is 2. The Hall–Kier alpha value is -2.73. The number of thioether (sulfide) groups is 1. The monoisotopic (exact) mass is 405 g/mol. The van der Waals surface area contributed by atoms with Crippen LogP contribution in [0.4, 0.5) is 5.69 Å². The van der Waals surface area contributed by atoms with E-state index in [-0.39, 0.29) is 18.4 Å². The highest BCUT2D eigenvalue weighted by atomic mass is 32.2. The Bertz CT molecular complexity index is 1070. The number of hydrogen-bond donors (Lipinski definition) is 1. The van der Waals surface area contributed by atoms with Gasteiger partial charge in [-0.15, -0.1) is 11.8 Å². The molecular formula is C23H23N3O2S. The van der Waals surface area contributed by atoms with E-state index in [0.29, 0.717) is 11.7 Å². The van der Waals surface area contributed by atoms with Crippen molar-refractivity contribution in [3.8, 4) is 0 Å². The van der Waals surface area contributed by atoms with Crippen LogP contribution in [0.1, 0.15) is 24.3 Å². The Morgan fingerprint density at radius 3 is 2.69 bits per heavy atom. The molecule has 1 saturated heterocycles. The summed E-state index contributed by atoms with van der Waals surface area (Å²) in [4.78, 5) is 33.4. The van der Waals surface area contributed by atoms with Crippen molar-refractivity contribution in [3.05, 3.63) is 60.3 Å². The van der Waals surface area contributed by atoms with Gasteiger partial charge in [-0.3, -0.25) is 9.59 Å². The second-order valence-corrected chi connectivity index (χ2v) is 8.70. The first kappa shape index (κ1) is 18.3. The molecule has 0 radical (unpaired) electrons. The fourth-order valence-corrected chi connectivity index (χ4v) is 5.37. The van der Waals surface area contributed by atoms with E-state index in [2.05, 4.69) is 29.4 Å². The SMILES string of the molecule is O=C(CN1C(=O)CSc2ccccc21)N1CCC(c2c[nH]c3ccccc23)CC1. The van der Waals surface area contributed by atoms with Crippen LogP contribution in [0.5, 0.6) is 0 Å². The molecule has 2 aromatic carbocycles. The first-order valence-corrected chi connectivity index (χ1v) is 11.1. The molecule has 0 aliphatic carbocycles. The van der Waals surface area contributed by atoms with Gasteiger partial charge in [-0.2, -0.15) is 0 Å². The molecule has 0 unspecified atom stereocenters. The lowest BCUT2D eigenvalue weighted by Crippen LogP contribution is -2.47. The van der Waals surface area contributed by atoms with Gasteiger partial charge in [0.15, 0.2) is 0 Å². The Morgan fingerprint density at radius 2 is 1.83 bits per heavy atom. The van der Waals surface area contributed by atoms with E-state index < -0.39 is 0 Å². The van der Waals surface area contributed by atoms with Gasteiger partial charge in [0.2, 0.25) is 11.8 Å². The van der Waals surface area contributed by atoms with Crippen molar-refractivity contribution >= 4 is 40.2 Å². The van der Waals surface area contributed by atoms with Crippen molar-refractivity contribution < 1.29 is 9.59 Å². The van der Waals surface area contributed by atoms with Gasteiger partial charge in [0.1, 0.15) is 6.54 Å². The summed E-state index contributed by atoms with van der Waals surface area (Å²) in [5.74, 6) is 0.907.